The van der Waals surface area contributed by atoms with Crippen LogP contribution in [0.4, 0.5) is 5.69 Å². The van der Waals surface area contributed by atoms with Crippen LogP contribution in [0.3, 0.4) is 0 Å². The summed E-state index contributed by atoms with van der Waals surface area (Å²) in [7, 11) is 0. The summed E-state index contributed by atoms with van der Waals surface area (Å²) >= 11 is 0. The molecule has 6 nitrogen and oxygen atoms in total. The van der Waals surface area contributed by atoms with E-state index in [1.165, 1.54) is 0 Å². The Hall–Kier alpha value is -2.73. The number of amides is 1. The van der Waals surface area contributed by atoms with Crippen LogP contribution in [-0.2, 0) is 10.2 Å². The highest BCUT2D eigenvalue weighted by molar-refractivity contribution is 6.11. The lowest BCUT2D eigenvalue weighted by atomic mass is 9.77. The summed E-state index contributed by atoms with van der Waals surface area (Å²) in [5.74, 6) is 2.75. The fourth-order valence-corrected chi connectivity index (χ4v) is 5.22. The molecule has 6 rings (SSSR count). The fraction of sp³-hybridized carbons (Fsp3) is 0.435. The van der Waals surface area contributed by atoms with Gasteiger partial charge in [0, 0.05) is 23.9 Å². The smallest absolute Gasteiger partial charge is 0.245 e. The number of hydrogen-bond acceptors (Lipinski definition) is 5. The van der Waals surface area contributed by atoms with E-state index in [1.54, 1.807) is 0 Å². The van der Waals surface area contributed by atoms with E-state index in [9.17, 15) is 4.79 Å². The van der Waals surface area contributed by atoms with Gasteiger partial charge in [-0.1, -0.05) is 18.2 Å². The van der Waals surface area contributed by atoms with E-state index in [2.05, 4.69) is 17.4 Å². The Balaban J connectivity index is 1.45. The van der Waals surface area contributed by atoms with Gasteiger partial charge in [0.1, 0.15) is 31.0 Å². The normalized spacial score (nSPS) is 25.1. The molecule has 0 bridgehead atoms. The van der Waals surface area contributed by atoms with Crippen LogP contribution in [0.25, 0.3) is 0 Å². The summed E-state index contributed by atoms with van der Waals surface area (Å²) in [6.07, 6.45) is 2.20. The van der Waals surface area contributed by atoms with Gasteiger partial charge in [-0.15, -0.1) is 0 Å². The second-order valence-corrected chi connectivity index (χ2v) is 8.31. The summed E-state index contributed by atoms with van der Waals surface area (Å²) in [6.45, 7) is 4.18. The van der Waals surface area contributed by atoms with E-state index in [0.29, 0.717) is 37.2 Å². The molecule has 1 N–H and O–H groups in total. The minimum atomic E-state index is -0.797. The maximum atomic E-state index is 13.9. The molecule has 4 aliphatic heterocycles. The molecule has 4 aliphatic rings. The first-order valence-electron chi connectivity index (χ1n) is 10.5. The zero-order valence-corrected chi connectivity index (χ0v) is 16.3. The molecule has 2 aromatic rings. The predicted molar refractivity (Wildman–Crippen MR) is 108 cm³/mol. The van der Waals surface area contributed by atoms with Crippen molar-refractivity contribution in [3.8, 4) is 17.2 Å². The quantitative estimate of drug-likeness (QED) is 0.851. The second-order valence-electron chi connectivity index (χ2n) is 8.31. The van der Waals surface area contributed by atoms with E-state index in [-0.39, 0.29) is 5.91 Å². The van der Waals surface area contributed by atoms with Crippen molar-refractivity contribution in [2.75, 3.05) is 44.4 Å². The van der Waals surface area contributed by atoms with Crippen LogP contribution in [0.15, 0.2) is 36.4 Å². The zero-order valence-electron chi connectivity index (χ0n) is 16.3. The Morgan fingerprint density at radius 3 is 2.55 bits per heavy atom. The Bertz CT molecular complexity index is 985. The number of fused-ring (bicyclic) bond motifs is 5. The van der Waals surface area contributed by atoms with Gasteiger partial charge >= 0.3 is 0 Å². The summed E-state index contributed by atoms with van der Waals surface area (Å²) in [5.41, 5.74) is 2.15. The molecular weight excluding hydrogens is 368 g/mol. The van der Waals surface area contributed by atoms with Gasteiger partial charge in [-0.25, -0.2) is 0 Å². The monoisotopic (exact) mass is 392 g/mol. The topological polar surface area (TPSA) is 60.0 Å². The minimum absolute atomic E-state index is 0.118. The van der Waals surface area contributed by atoms with Gasteiger partial charge in [-0.3, -0.25) is 4.79 Å². The van der Waals surface area contributed by atoms with Crippen LogP contribution in [0, 0.1) is 5.92 Å². The van der Waals surface area contributed by atoms with Crippen LogP contribution < -0.4 is 24.4 Å². The second kappa shape index (κ2) is 6.39. The summed E-state index contributed by atoms with van der Waals surface area (Å²) < 4.78 is 17.6. The zero-order chi connectivity index (χ0) is 19.4. The maximum absolute atomic E-state index is 13.9. The first-order valence-corrected chi connectivity index (χ1v) is 10.5. The van der Waals surface area contributed by atoms with Crippen molar-refractivity contribution < 1.29 is 19.0 Å². The lowest BCUT2D eigenvalue weighted by Crippen LogP contribution is -2.45. The first kappa shape index (κ1) is 17.2. The SMILES string of the molecule is O=C1N(CC2CCNCC2)c2ccccc2C12COc1cc3c(cc12)OCCO3. The molecule has 2 aromatic carbocycles. The number of nitrogens with zero attached hydrogens (tertiary/aromatic N) is 1. The van der Waals surface area contributed by atoms with Gasteiger partial charge in [-0.05, 0) is 49.5 Å². The average molecular weight is 392 g/mol. The highest BCUT2D eigenvalue weighted by Gasteiger charge is 2.57. The van der Waals surface area contributed by atoms with Crippen molar-refractivity contribution in [2.24, 2.45) is 5.92 Å². The molecule has 1 atom stereocenters. The largest absolute Gasteiger partial charge is 0.491 e. The third kappa shape index (κ3) is 2.42. The number of rotatable bonds is 2. The first-order chi connectivity index (χ1) is 14.3. The number of nitrogens with one attached hydrogen (secondary N) is 1. The van der Waals surface area contributed by atoms with Crippen molar-refractivity contribution in [2.45, 2.75) is 18.3 Å². The number of carbonyl (C=O) groups is 1. The minimum Gasteiger partial charge on any atom is -0.491 e. The molecule has 0 aromatic heterocycles. The molecule has 6 heteroatoms. The molecule has 1 unspecified atom stereocenters. The van der Waals surface area contributed by atoms with Crippen LogP contribution in [0.1, 0.15) is 24.0 Å². The Morgan fingerprint density at radius 1 is 0.966 bits per heavy atom. The lowest BCUT2D eigenvalue weighted by Gasteiger charge is -2.29. The number of ether oxygens (including phenoxy) is 3. The number of anilines is 1. The Kier molecular flexibility index (Phi) is 3.78. The molecule has 0 saturated carbocycles. The van der Waals surface area contributed by atoms with Gasteiger partial charge in [0.2, 0.25) is 5.91 Å². The molecule has 29 heavy (non-hydrogen) atoms. The highest BCUT2D eigenvalue weighted by atomic mass is 16.6. The number of para-hydroxylation sites is 1. The molecule has 4 heterocycles. The van der Waals surface area contributed by atoms with E-state index in [4.69, 9.17) is 14.2 Å². The average Bonchev–Trinajstić information content (AvgIpc) is 3.25. The summed E-state index contributed by atoms with van der Waals surface area (Å²) in [6, 6.07) is 12.0. The van der Waals surface area contributed by atoms with Crippen molar-refractivity contribution >= 4 is 11.6 Å². The van der Waals surface area contributed by atoms with Gasteiger partial charge in [-0.2, -0.15) is 0 Å². The molecule has 150 valence electrons. The summed E-state index contributed by atoms with van der Waals surface area (Å²) in [5, 5.41) is 3.41. The standard InChI is InChI=1S/C23H24N2O4/c26-22-23(14-29-19-12-21-20(11-17(19)23)27-9-10-28-21)16-3-1-2-4-18(16)25(22)13-15-5-7-24-8-6-15/h1-4,11-12,15,24H,5-10,13-14H2. The number of piperidine rings is 1. The van der Waals surface area contributed by atoms with E-state index >= 15 is 0 Å². The molecule has 1 saturated heterocycles. The molecule has 1 amide bonds. The van der Waals surface area contributed by atoms with Crippen LogP contribution in [0.5, 0.6) is 17.2 Å². The van der Waals surface area contributed by atoms with Crippen molar-refractivity contribution in [1.82, 2.24) is 5.32 Å². The lowest BCUT2D eigenvalue weighted by molar-refractivity contribution is -0.122. The predicted octanol–water partition coefficient (Wildman–Crippen LogP) is 2.48. The van der Waals surface area contributed by atoms with Crippen LogP contribution in [0.2, 0.25) is 0 Å². The van der Waals surface area contributed by atoms with Crippen LogP contribution >= 0.6 is 0 Å². The third-order valence-electron chi connectivity index (χ3n) is 6.71. The van der Waals surface area contributed by atoms with Crippen molar-refractivity contribution in [1.29, 1.82) is 0 Å². The van der Waals surface area contributed by atoms with Crippen molar-refractivity contribution in [3.63, 3.8) is 0 Å². The third-order valence-corrected chi connectivity index (χ3v) is 6.71. The van der Waals surface area contributed by atoms with E-state index < -0.39 is 5.41 Å². The van der Waals surface area contributed by atoms with Gasteiger partial charge < -0.3 is 24.4 Å². The summed E-state index contributed by atoms with van der Waals surface area (Å²) in [4.78, 5) is 15.9. The Labute approximate surface area is 169 Å². The van der Waals surface area contributed by atoms with E-state index in [0.717, 1.165) is 55.0 Å². The fourth-order valence-electron chi connectivity index (χ4n) is 5.22. The maximum Gasteiger partial charge on any atom is 0.245 e. The number of benzene rings is 2. The highest BCUT2D eigenvalue weighted by Crippen LogP contribution is 2.54. The van der Waals surface area contributed by atoms with Gasteiger partial charge in [0.15, 0.2) is 11.5 Å². The number of hydrogen-bond donors (Lipinski definition) is 1. The molecular formula is C23H24N2O4. The Morgan fingerprint density at radius 2 is 1.72 bits per heavy atom. The molecule has 1 spiro atoms. The number of carbonyl (C=O) groups excluding carboxylic acids is 1. The van der Waals surface area contributed by atoms with Crippen LogP contribution in [-0.4, -0.2) is 45.4 Å². The van der Waals surface area contributed by atoms with Gasteiger partial charge in [0.25, 0.3) is 0 Å². The molecule has 0 radical (unpaired) electrons. The van der Waals surface area contributed by atoms with Crippen molar-refractivity contribution in [3.05, 3.63) is 47.5 Å². The molecule has 0 aliphatic carbocycles. The van der Waals surface area contributed by atoms with Gasteiger partial charge in [0.05, 0.1) is 0 Å². The molecule has 1 fully saturated rings. The van der Waals surface area contributed by atoms with E-state index in [1.807, 2.05) is 29.2 Å².